The predicted molar refractivity (Wildman–Crippen MR) is 63.2 cm³/mol. The molecule has 1 heterocycles. The fourth-order valence-corrected chi connectivity index (χ4v) is 2.06. The lowest BCUT2D eigenvalue weighted by atomic mass is 10.3. The lowest BCUT2D eigenvalue weighted by Crippen LogP contribution is -2.30. The van der Waals surface area contributed by atoms with Crippen LogP contribution in [0.25, 0.3) is 0 Å². The Bertz CT molecular complexity index is 391. The third-order valence-electron chi connectivity index (χ3n) is 2.02. The van der Waals surface area contributed by atoms with Crippen LogP contribution >= 0.6 is 11.8 Å². The van der Waals surface area contributed by atoms with Crippen LogP contribution in [0.3, 0.4) is 0 Å². The minimum Gasteiger partial charge on any atom is -0.469 e. The van der Waals surface area contributed by atoms with E-state index in [1.54, 1.807) is 6.07 Å². The molecule has 1 amide bonds. The van der Waals surface area contributed by atoms with Gasteiger partial charge in [-0.15, -0.1) is 0 Å². The summed E-state index contributed by atoms with van der Waals surface area (Å²) in [5.74, 6) is 5.72. The Labute approximate surface area is 103 Å². The summed E-state index contributed by atoms with van der Waals surface area (Å²) >= 11 is 1.52. The van der Waals surface area contributed by atoms with E-state index in [9.17, 15) is 9.59 Å². The number of ether oxygens (including phenoxy) is 1. The lowest BCUT2D eigenvalue weighted by molar-refractivity contribution is -0.140. The molecule has 0 aliphatic heterocycles. The number of amides is 1. The van der Waals surface area contributed by atoms with Gasteiger partial charge in [0.25, 0.3) is 0 Å². The van der Waals surface area contributed by atoms with Crippen LogP contribution in [-0.4, -0.2) is 24.7 Å². The Kier molecular flexibility index (Phi) is 5.58. The van der Waals surface area contributed by atoms with Crippen LogP contribution in [0.1, 0.15) is 22.5 Å². The minimum atomic E-state index is -0.460. The van der Waals surface area contributed by atoms with E-state index in [1.165, 1.54) is 25.1 Å². The van der Waals surface area contributed by atoms with Gasteiger partial charge in [0.15, 0.2) is 5.76 Å². The number of carbonyl (C=O) groups is 2. The quantitative estimate of drug-likeness (QED) is 0.256. The number of nitrogens with two attached hydrogens (primary N) is 1. The molecular weight excluding hydrogens is 244 g/mol. The number of thioether (sulfide) groups is 1. The average Bonchev–Trinajstić information content (AvgIpc) is 2.81. The van der Waals surface area contributed by atoms with E-state index >= 15 is 0 Å². The van der Waals surface area contributed by atoms with Gasteiger partial charge in [-0.2, -0.15) is 11.8 Å². The topological polar surface area (TPSA) is 94.6 Å². The van der Waals surface area contributed by atoms with E-state index in [-0.39, 0.29) is 11.7 Å². The largest absolute Gasteiger partial charge is 0.469 e. The summed E-state index contributed by atoms with van der Waals surface area (Å²) in [5, 5.41) is 0. The van der Waals surface area contributed by atoms with E-state index in [4.69, 9.17) is 10.3 Å². The third kappa shape index (κ3) is 4.12. The average molecular weight is 258 g/mol. The number of carbonyl (C=O) groups excluding carboxylic acids is 2. The van der Waals surface area contributed by atoms with Crippen molar-refractivity contribution in [1.29, 1.82) is 0 Å². The Morgan fingerprint density at radius 1 is 1.59 bits per heavy atom. The van der Waals surface area contributed by atoms with Crippen molar-refractivity contribution in [3.8, 4) is 0 Å². The molecule has 0 saturated heterocycles. The molecular formula is C10H14N2O4S. The maximum atomic E-state index is 11.3. The minimum absolute atomic E-state index is 0.207. The first kappa shape index (κ1) is 13.6. The summed E-state index contributed by atoms with van der Waals surface area (Å²) in [4.78, 5) is 22.1. The van der Waals surface area contributed by atoms with Crippen LogP contribution in [0.5, 0.6) is 0 Å². The number of rotatable bonds is 6. The lowest BCUT2D eigenvalue weighted by Gasteiger charge is -2.01. The van der Waals surface area contributed by atoms with E-state index in [0.717, 1.165) is 5.56 Å². The zero-order valence-electron chi connectivity index (χ0n) is 9.39. The van der Waals surface area contributed by atoms with Gasteiger partial charge in [0, 0.05) is 17.1 Å². The smallest absolute Gasteiger partial charge is 0.306 e. The number of furan rings is 1. The highest BCUT2D eigenvalue weighted by Crippen LogP contribution is 2.18. The van der Waals surface area contributed by atoms with Gasteiger partial charge in [-0.25, -0.2) is 5.84 Å². The number of nitrogens with one attached hydrogen (secondary N) is 1. The predicted octanol–water partition coefficient (Wildman–Crippen LogP) is 0.679. The number of hydrogen-bond acceptors (Lipinski definition) is 6. The second-order valence-electron chi connectivity index (χ2n) is 3.13. The SMILES string of the molecule is COC(=O)CCSCc1ccoc1C(=O)NN. The van der Waals surface area contributed by atoms with E-state index in [2.05, 4.69) is 4.74 Å². The molecule has 0 aliphatic rings. The molecule has 94 valence electrons. The van der Waals surface area contributed by atoms with Crippen LogP contribution in [0, 0.1) is 0 Å². The van der Waals surface area contributed by atoms with E-state index < -0.39 is 5.91 Å². The van der Waals surface area contributed by atoms with Gasteiger partial charge in [0.2, 0.25) is 0 Å². The van der Waals surface area contributed by atoms with Crippen LogP contribution in [0.4, 0.5) is 0 Å². The first-order valence-corrected chi connectivity index (χ1v) is 6.06. The number of esters is 1. The number of methoxy groups -OCH3 is 1. The van der Waals surface area contributed by atoms with Crippen LogP contribution < -0.4 is 11.3 Å². The van der Waals surface area contributed by atoms with Gasteiger partial charge in [-0.1, -0.05) is 0 Å². The van der Waals surface area contributed by atoms with Crippen LogP contribution in [-0.2, 0) is 15.3 Å². The van der Waals surface area contributed by atoms with Crippen LogP contribution in [0.2, 0.25) is 0 Å². The van der Waals surface area contributed by atoms with Gasteiger partial charge in [-0.05, 0) is 6.07 Å². The number of nitrogen functional groups attached to an aromatic ring is 1. The van der Waals surface area contributed by atoms with E-state index in [1.807, 2.05) is 5.43 Å². The molecule has 0 aromatic carbocycles. The fraction of sp³-hybridized carbons (Fsp3) is 0.400. The van der Waals surface area contributed by atoms with Crippen molar-refractivity contribution in [3.63, 3.8) is 0 Å². The molecule has 6 nitrogen and oxygen atoms in total. The van der Waals surface area contributed by atoms with Crippen LogP contribution in [0.15, 0.2) is 16.7 Å². The summed E-state index contributed by atoms with van der Waals surface area (Å²) in [6.07, 6.45) is 1.78. The highest BCUT2D eigenvalue weighted by molar-refractivity contribution is 7.98. The van der Waals surface area contributed by atoms with Crippen molar-refractivity contribution >= 4 is 23.6 Å². The maximum absolute atomic E-state index is 11.3. The highest BCUT2D eigenvalue weighted by Gasteiger charge is 2.13. The zero-order chi connectivity index (χ0) is 12.7. The molecule has 3 N–H and O–H groups in total. The molecule has 0 spiro atoms. The van der Waals surface area contributed by atoms with Gasteiger partial charge < -0.3 is 9.15 Å². The zero-order valence-corrected chi connectivity index (χ0v) is 10.2. The monoisotopic (exact) mass is 258 g/mol. The van der Waals surface area contributed by atoms with Gasteiger partial charge in [0.1, 0.15) is 0 Å². The molecule has 1 aromatic rings. The molecule has 0 atom stereocenters. The molecule has 1 rings (SSSR count). The fourth-order valence-electron chi connectivity index (χ4n) is 1.15. The number of hydrazine groups is 1. The summed E-state index contributed by atoms with van der Waals surface area (Å²) in [6.45, 7) is 0. The van der Waals surface area contributed by atoms with Crippen molar-refractivity contribution in [2.45, 2.75) is 12.2 Å². The molecule has 17 heavy (non-hydrogen) atoms. The Hall–Kier alpha value is -1.47. The molecule has 0 saturated carbocycles. The van der Waals surface area contributed by atoms with Crippen molar-refractivity contribution < 1.29 is 18.7 Å². The first-order valence-electron chi connectivity index (χ1n) is 4.91. The van der Waals surface area contributed by atoms with Gasteiger partial charge in [-0.3, -0.25) is 15.0 Å². The highest BCUT2D eigenvalue weighted by atomic mass is 32.2. The molecule has 0 fully saturated rings. The Morgan fingerprint density at radius 2 is 2.35 bits per heavy atom. The van der Waals surface area contributed by atoms with Crippen molar-refractivity contribution in [2.24, 2.45) is 5.84 Å². The van der Waals surface area contributed by atoms with Gasteiger partial charge >= 0.3 is 11.9 Å². The van der Waals surface area contributed by atoms with Crippen molar-refractivity contribution in [3.05, 3.63) is 23.7 Å². The second-order valence-corrected chi connectivity index (χ2v) is 4.23. The normalized spacial score (nSPS) is 10.0. The first-order chi connectivity index (χ1) is 8.19. The summed E-state index contributed by atoms with van der Waals surface area (Å²) in [6, 6.07) is 1.70. The van der Waals surface area contributed by atoms with Crippen molar-refractivity contribution in [2.75, 3.05) is 12.9 Å². The Balaban J connectivity index is 2.39. The molecule has 0 aliphatic carbocycles. The van der Waals surface area contributed by atoms with E-state index in [0.29, 0.717) is 17.9 Å². The Morgan fingerprint density at radius 3 is 3.00 bits per heavy atom. The summed E-state index contributed by atoms with van der Waals surface area (Å²) < 4.78 is 9.54. The summed E-state index contributed by atoms with van der Waals surface area (Å²) in [5.41, 5.74) is 2.76. The second kappa shape index (κ2) is 6.97. The molecule has 0 radical (unpaired) electrons. The third-order valence-corrected chi connectivity index (χ3v) is 3.03. The van der Waals surface area contributed by atoms with Crippen molar-refractivity contribution in [1.82, 2.24) is 5.43 Å². The maximum Gasteiger partial charge on any atom is 0.306 e. The molecule has 1 aromatic heterocycles. The molecule has 0 bridgehead atoms. The summed E-state index contributed by atoms with van der Waals surface area (Å²) in [7, 11) is 1.35. The standard InChI is InChI=1S/C10H14N2O4S/c1-15-8(13)3-5-17-6-7-2-4-16-9(7)10(14)12-11/h2,4H,3,5-6,11H2,1H3,(H,12,14). The molecule has 0 unspecified atom stereocenters. The number of hydrogen-bond donors (Lipinski definition) is 2. The van der Waals surface area contributed by atoms with Gasteiger partial charge in [0.05, 0.1) is 19.8 Å². The molecule has 7 heteroatoms.